The number of nitrogens with zero attached hydrogens (tertiary/aromatic N) is 2. The SMILES string of the molecule is C[C@@H]1CN(N=O)CCO1. The van der Waals surface area contributed by atoms with E-state index >= 15 is 0 Å². The van der Waals surface area contributed by atoms with Gasteiger partial charge in [0.25, 0.3) is 0 Å². The van der Waals surface area contributed by atoms with Gasteiger partial charge in [-0.2, -0.15) is 0 Å². The van der Waals surface area contributed by atoms with Gasteiger partial charge in [0.15, 0.2) is 0 Å². The summed E-state index contributed by atoms with van der Waals surface area (Å²) in [5.41, 5.74) is 0. The Labute approximate surface area is 53.7 Å². The molecule has 0 amide bonds. The maximum absolute atomic E-state index is 9.93. The largest absolute Gasteiger partial charge is 0.375 e. The smallest absolute Gasteiger partial charge is 0.0740 e. The number of nitroso groups, excluding NO2 is 1. The molecule has 1 fully saturated rings. The van der Waals surface area contributed by atoms with Gasteiger partial charge in [-0.05, 0) is 6.92 Å². The van der Waals surface area contributed by atoms with Crippen molar-refractivity contribution in [2.45, 2.75) is 13.0 Å². The third-order valence-corrected chi connectivity index (χ3v) is 1.34. The number of morpholine rings is 1. The third kappa shape index (κ3) is 1.64. The van der Waals surface area contributed by atoms with Gasteiger partial charge in [-0.25, -0.2) is 0 Å². The van der Waals surface area contributed by atoms with Crippen LogP contribution in [0.25, 0.3) is 0 Å². The molecule has 0 aromatic carbocycles. The van der Waals surface area contributed by atoms with E-state index in [9.17, 15) is 4.91 Å². The van der Waals surface area contributed by atoms with Crippen LogP contribution in [0.3, 0.4) is 0 Å². The standard InChI is InChI=1S/C5H10N2O2/c1-5-4-7(6-8)2-3-9-5/h5H,2-4H2,1H3/t5-/m1/s1. The maximum atomic E-state index is 9.93. The van der Waals surface area contributed by atoms with Crippen molar-refractivity contribution < 1.29 is 4.74 Å². The molecule has 0 unspecified atom stereocenters. The highest BCUT2D eigenvalue weighted by molar-refractivity contribution is 4.63. The second-order valence-electron chi connectivity index (χ2n) is 2.18. The second kappa shape index (κ2) is 2.77. The molecule has 1 rings (SSSR count). The van der Waals surface area contributed by atoms with Crippen molar-refractivity contribution in [3.05, 3.63) is 4.91 Å². The first kappa shape index (κ1) is 6.48. The summed E-state index contributed by atoms with van der Waals surface area (Å²) in [6, 6.07) is 0. The van der Waals surface area contributed by atoms with Crippen LogP contribution < -0.4 is 0 Å². The highest BCUT2D eigenvalue weighted by Crippen LogP contribution is 2.02. The minimum atomic E-state index is 0.149. The van der Waals surface area contributed by atoms with E-state index in [1.807, 2.05) is 6.92 Å². The van der Waals surface area contributed by atoms with Crippen LogP contribution >= 0.6 is 0 Å². The monoisotopic (exact) mass is 130 g/mol. The van der Waals surface area contributed by atoms with E-state index < -0.39 is 0 Å². The molecular formula is C5H10N2O2. The zero-order valence-corrected chi connectivity index (χ0v) is 5.41. The highest BCUT2D eigenvalue weighted by Gasteiger charge is 2.14. The Bertz CT molecular complexity index is 107. The molecule has 0 saturated carbocycles. The van der Waals surface area contributed by atoms with Crippen LogP contribution in [-0.2, 0) is 4.74 Å². The molecule has 0 aromatic rings. The molecule has 1 heterocycles. The molecule has 0 aliphatic carbocycles. The molecule has 0 aromatic heterocycles. The van der Waals surface area contributed by atoms with Crippen LogP contribution in [0.5, 0.6) is 0 Å². The van der Waals surface area contributed by atoms with Gasteiger partial charge in [0.1, 0.15) is 0 Å². The van der Waals surface area contributed by atoms with Gasteiger partial charge in [0, 0.05) is 0 Å². The van der Waals surface area contributed by atoms with Crippen LogP contribution in [0.15, 0.2) is 5.29 Å². The lowest BCUT2D eigenvalue weighted by atomic mass is 10.3. The van der Waals surface area contributed by atoms with E-state index in [0.29, 0.717) is 19.7 Å². The zero-order chi connectivity index (χ0) is 6.69. The molecule has 0 spiro atoms. The molecule has 0 bridgehead atoms. The van der Waals surface area contributed by atoms with Crippen LogP contribution in [0.1, 0.15) is 6.92 Å². The number of rotatable bonds is 1. The van der Waals surface area contributed by atoms with Gasteiger partial charge in [-0.3, -0.25) is 5.01 Å². The van der Waals surface area contributed by atoms with E-state index in [2.05, 4.69) is 5.29 Å². The van der Waals surface area contributed by atoms with Crippen LogP contribution in [-0.4, -0.2) is 30.8 Å². The first-order valence-electron chi connectivity index (χ1n) is 3.03. The van der Waals surface area contributed by atoms with Gasteiger partial charge in [0.2, 0.25) is 0 Å². The molecule has 1 atom stereocenters. The van der Waals surface area contributed by atoms with Crippen molar-refractivity contribution in [1.82, 2.24) is 5.01 Å². The summed E-state index contributed by atoms with van der Waals surface area (Å²) in [6.45, 7) is 3.81. The predicted molar refractivity (Wildman–Crippen MR) is 32.8 cm³/mol. The fraction of sp³-hybridized carbons (Fsp3) is 1.00. The first-order valence-corrected chi connectivity index (χ1v) is 3.03. The molecular weight excluding hydrogens is 120 g/mol. The molecule has 0 radical (unpaired) electrons. The molecule has 4 heteroatoms. The molecule has 9 heavy (non-hydrogen) atoms. The van der Waals surface area contributed by atoms with Crippen molar-refractivity contribution in [3.8, 4) is 0 Å². The van der Waals surface area contributed by atoms with Gasteiger partial charge >= 0.3 is 0 Å². The normalized spacial score (nSPS) is 28.1. The average molecular weight is 130 g/mol. The lowest BCUT2D eigenvalue weighted by Crippen LogP contribution is -2.37. The average Bonchev–Trinajstić information content (AvgIpc) is 1.88. The Kier molecular flexibility index (Phi) is 2.00. The van der Waals surface area contributed by atoms with Gasteiger partial charge in [-0.1, -0.05) is 0 Å². The summed E-state index contributed by atoms with van der Waals surface area (Å²) >= 11 is 0. The predicted octanol–water partition coefficient (Wildman–Crippen LogP) is 0.388. The molecule has 52 valence electrons. The van der Waals surface area contributed by atoms with Gasteiger partial charge in [0.05, 0.1) is 31.1 Å². The molecule has 4 nitrogen and oxygen atoms in total. The Morgan fingerprint density at radius 1 is 1.78 bits per heavy atom. The van der Waals surface area contributed by atoms with E-state index in [0.717, 1.165) is 0 Å². The molecule has 0 N–H and O–H groups in total. The molecule has 1 saturated heterocycles. The topological polar surface area (TPSA) is 41.9 Å². The lowest BCUT2D eigenvalue weighted by Gasteiger charge is -2.25. The summed E-state index contributed by atoms with van der Waals surface area (Å²) in [5, 5.41) is 4.28. The minimum absolute atomic E-state index is 0.149. The van der Waals surface area contributed by atoms with Crippen LogP contribution in [0.4, 0.5) is 0 Å². The summed E-state index contributed by atoms with van der Waals surface area (Å²) in [6.07, 6.45) is 0.149. The van der Waals surface area contributed by atoms with Crippen LogP contribution in [0.2, 0.25) is 0 Å². The summed E-state index contributed by atoms with van der Waals surface area (Å²) in [7, 11) is 0. The zero-order valence-electron chi connectivity index (χ0n) is 5.41. The van der Waals surface area contributed by atoms with Gasteiger partial charge in [-0.15, -0.1) is 4.91 Å². The summed E-state index contributed by atoms with van der Waals surface area (Å²) < 4.78 is 5.17. The van der Waals surface area contributed by atoms with Crippen molar-refractivity contribution in [1.29, 1.82) is 0 Å². The molecule has 1 aliphatic heterocycles. The fourth-order valence-corrected chi connectivity index (χ4v) is 0.874. The maximum Gasteiger partial charge on any atom is 0.0740 e. The number of hydrogen-bond donors (Lipinski definition) is 0. The van der Waals surface area contributed by atoms with E-state index in [1.165, 1.54) is 5.01 Å². The van der Waals surface area contributed by atoms with Crippen molar-refractivity contribution in [2.24, 2.45) is 5.29 Å². The fourth-order valence-electron chi connectivity index (χ4n) is 0.874. The van der Waals surface area contributed by atoms with E-state index in [-0.39, 0.29) is 6.10 Å². The second-order valence-corrected chi connectivity index (χ2v) is 2.18. The lowest BCUT2D eigenvalue weighted by molar-refractivity contribution is -0.0180. The Balaban J connectivity index is 2.31. The van der Waals surface area contributed by atoms with Crippen LogP contribution in [0, 0.1) is 4.91 Å². The van der Waals surface area contributed by atoms with Crippen molar-refractivity contribution in [2.75, 3.05) is 19.7 Å². The quantitative estimate of drug-likeness (QED) is 0.482. The summed E-state index contributed by atoms with van der Waals surface area (Å²) in [5.74, 6) is 0. The Morgan fingerprint density at radius 2 is 2.56 bits per heavy atom. The minimum Gasteiger partial charge on any atom is -0.375 e. The highest BCUT2D eigenvalue weighted by atomic mass is 16.5. The van der Waals surface area contributed by atoms with Crippen molar-refractivity contribution >= 4 is 0 Å². The Morgan fingerprint density at radius 3 is 3.00 bits per heavy atom. The third-order valence-electron chi connectivity index (χ3n) is 1.34. The Hall–Kier alpha value is -0.640. The number of hydrogen-bond acceptors (Lipinski definition) is 3. The van der Waals surface area contributed by atoms with Crippen molar-refractivity contribution in [3.63, 3.8) is 0 Å². The van der Waals surface area contributed by atoms with E-state index in [4.69, 9.17) is 4.74 Å². The first-order chi connectivity index (χ1) is 4.33. The summed E-state index contributed by atoms with van der Waals surface area (Å²) in [4.78, 5) is 9.93. The molecule has 1 aliphatic rings. The van der Waals surface area contributed by atoms with Gasteiger partial charge < -0.3 is 4.74 Å². The van der Waals surface area contributed by atoms with E-state index in [1.54, 1.807) is 0 Å². The number of ether oxygens (including phenoxy) is 1.